The molecule has 0 radical (unpaired) electrons. The highest BCUT2D eigenvalue weighted by Crippen LogP contribution is 2.31. The second kappa shape index (κ2) is 6.18. The van der Waals surface area contributed by atoms with Gasteiger partial charge in [0.1, 0.15) is 5.82 Å². The molecule has 2 heterocycles. The van der Waals surface area contributed by atoms with Gasteiger partial charge in [-0.2, -0.15) is 0 Å². The first kappa shape index (κ1) is 13.9. The van der Waals surface area contributed by atoms with E-state index >= 15 is 0 Å². The van der Waals surface area contributed by atoms with Crippen molar-refractivity contribution in [2.45, 2.75) is 25.3 Å². The van der Waals surface area contributed by atoms with Crippen LogP contribution in [0.4, 0.5) is 0 Å². The average molecular weight is 287 g/mol. The Morgan fingerprint density at radius 2 is 2.10 bits per heavy atom. The fourth-order valence-corrected chi connectivity index (χ4v) is 2.78. The highest BCUT2D eigenvalue weighted by Gasteiger charge is 2.16. The number of imidazole rings is 1. The molecule has 5 nitrogen and oxygen atoms in total. The van der Waals surface area contributed by atoms with Crippen LogP contribution >= 0.6 is 0 Å². The van der Waals surface area contributed by atoms with Gasteiger partial charge in [0.25, 0.3) is 0 Å². The zero-order valence-corrected chi connectivity index (χ0v) is 12.5. The van der Waals surface area contributed by atoms with Crippen LogP contribution in [0.2, 0.25) is 0 Å². The summed E-state index contributed by atoms with van der Waals surface area (Å²) in [4.78, 5) is 7.88. The van der Waals surface area contributed by atoms with E-state index < -0.39 is 0 Å². The van der Waals surface area contributed by atoms with Crippen molar-refractivity contribution in [1.82, 2.24) is 15.3 Å². The van der Waals surface area contributed by atoms with Gasteiger partial charge in [0.15, 0.2) is 11.5 Å². The second-order valence-corrected chi connectivity index (χ2v) is 5.31. The number of methoxy groups -OCH3 is 2. The minimum atomic E-state index is 0.550. The van der Waals surface area contributed by atoms with Crippen LogP contribution in [0.1, 0.15) is 18.7 Å². The Labute approximate surface area is 124 Å². The molecule has 1 aliphatic rings. The quantitative estimate of drug-likeness (QED) is 0.886. The maximum absolute atomic E-state index is 5.34. The number of H-pyrrole nitrogens is 1. The van der Waals surface area contributed by atoms with Crippen molar-refractivity contribution in [3.8, 4) is 22.8 Å². The second-order valence-electron chi connectivity index (χ2n) is 5.31. The molecule has 0 amide bonds. The van der Waals surface area contributed by atoms with E-state index in [2.05, 4.69) is 15.3 Å². The van der Waals surface area contributed by atoms with Gasteiger partial charge in [0, 0.05) is 18.0 Å². The highest BCUT2D eigenvalue weighted by molar-refractivity contribution is 5.63. The van der Waals surface area contributed by atoms with Gasteiger partial charge in [0.2, 0.25) is 0 Å². The number of benzene rings is 1. The molecule has 5 heteroatoms. The number of hydrogen-bond acceptors (Lipinski definition) is 4. The van der Waals surface area contributed by atoms with Crippen LogP contribution in [0, 0.1) is 0 Å². The summed E-state index contributed by atoms with van der Waals surface area (Å²) in [6.45, 7) is 1.12. The van der Waals surface area contributed by atoms with Crippen LogP contribution in [0.15, 0.2) is 24.4 Å². The van der Waals surface area contributed by atoms with Gasteiger partial charge in [-0.05, 0) is 37.6 Å². The Hall–Kier alpha value is -2.01. The molecule has 1 fully saturated rings. The van der Waals surface area contributed by atoms with E-state index in [-0.39, 0.29) is 0 Å². The largest absolute Gasteiger partial charge is 0.493 e. The van der Waals surface area contributed by atoms with Crippen molar-refractivity contribution in [2.75, 3.05) is 20.8 Å². The van der Waals surface area contributed by atoms with Crippen molar-refractivity contribution in [1.29, 1.82) is 0 Å². The Bertz CT molecular complexity index is 603. The highest BCUT2D eigenvalue weighted by atomic mass is 16.5. The van der Waals surface area contributed by atoms with Gasteiger partial charge in [-0.1, -0.05) is 0 Å². The first-order valence-corrected chi connectivity index (χ1v) is 7.30. The van der Waals surface area contributed by atoms with E-state index in [1.165, 1.54) is 12.8 Å². The third-order valence-corrected chi connectivity index (χ3v) is 3.93. The molecule has 0 aliphatic carbocycles. The maximum atomic E-state index is 5.34. The van der Waals surface area contributed by atoms with Crippen LogP contribution in [-0.2, 0) is 6.42 Å². The van der Waals surface area contributed by atoms with Crippen molar-refractivity contribution in [3.05, 3.63) is 30.2 Å². The van der Waals surface area contributed by atoms with E-state index in [0.717, 1.165) is 41.5 Å². The molecule has 1 unspecified atom stereocenters. The van der Waals surface area contributed by atoms with Crippen LogP contribution in [0.25, 0.3) is 11.3 Å². The van der Waals surface area contributed by atoms with Crippen molar-refractivity contribution < 1.29 is 9.47 Å². The lowest BCUT2D eigenvalue weighted by atomic mass is 10.1. The summed E-state index contributed by atoms with van der Waals surface area (Å²) >= 11 is 0. The van der Waals surface area contributed by atoms with Crippen molar-refractivity contribution in [2.24, 2.45) is 0 Å². The summed E-state index contributed by atoms with van der Waals surface area (Å²) in [6.07, 6.45) is 5.32. The van der Waals surface area contributed by atoms with Crippen LogP contribution < -0.4 is 14.8 Å². The number of ether oxygens (including phenoxy) is 2. The lowest BCUT2D eigenvalue weighted by Crippen LogP contribution is -2.24. The predicted octanol–water partition coefficient (Wildman–Crippen LogP) is 2.39. The number of nitrogens with one attached hydrogen (secondary N) is 2. The summed E-state index contributed by atoms with van der Waals surface area (Å²) < 4.78 is 10.6. The normalized spacial score (nSPS) is 17.9. The van der Waals surface area contributed by atoms with Crippen molar-refractivity contribution >= 4 is 0 Å². The van der Waals surface area contributed by atoms with Gasteiger partial charge < -0.3 is 19.8 Å². The maximum Gasteiger partial charge on any atom is 0.161 e. The molecular weight excluding hydrogens is 266 g/mol. The zero-order valence-electron chi connectivity index (χ0n) is 12.5. The first-order chi connectivity index (χ1) is 10.3. The summed E-state index contributed by atoms with van der Waals surface area (Å²) in [5.74, 6) is 2.49. The molecule has 1 aliphatic heterocycles. The molecule has 21 heavy (non-hydrogen) atoms. The molecule has 1 aromatic heterocycles. The number of hydrogen-bond donors (Lipinski definition) is 2. The molecule has 1 aromatic carbocycles. The van der Waals surface area contributed by atoms with Crippen molar-refractivity contribution in [3.63, 3.8) is 0 Å². The topological polar surface area (TPSA) is 59.2 Å². The third-order valence-electron chi connectivity index (χ3n) is 3.93. The lowest BCUT2D eigenvalue weighted by Gasteiger charge is -2.09. The molecule has 0 bridgehead atoms. The minimum absolute atomic E-state index is 0.550. The monoisotopic (exact) mass is 287 g/mol. The minimum Gasteiger partial charge on any atom is -0.493 e. The first-order valence-electron chi connectivity index (χ1n) is 7.30. The summed E-state index contributed by atoms with van der Waals surface area (Å²) in [7, 11) is 3.28. The molecule has 0 spiro atoms. The smallest absolute Gasteiger partial charge is 0.161 e. The van der Waals surface area contributed by atoms with E-state index in [1.54, 1.807) is 14.2 Å². The average Bonchev–Trinajstić information content (AvgIpc) is 3.19. The fraction of sp³-hybridized carbons (Fsp3) is 0.438. The zero-order chi connectivity index (χ0) is 14.7. The van der Waals surface area contributed by atoms with Gasteiger partial charge in [-0.15, -0.1) is 0 Å². The molecule has 1 atom stereocenters. The fourth-order valence-electron chi connectivity index (χ4n) is 2.78. The Morgan fingerprint density at radius 3 is 2.81 bits per heavy atom. The Morgan fingerprint density at radius 1 is 1.24 bits per heavy atom. The summed E-state index contributed by atoms with van der Waals surface area (Å²) in [6, 6.07) is 6.43. The van der Waals surface area contributed by atoms with E-state index in [1.807, 2.05) is 24.4 Å². The molecule has 3 rings (SSSR count). The molecule has 2 N–H and O–H groups in total. The summed E-state index contributed by atoms with van der Waals surface area (Å²) in [5.41, 5.74) is 2.05. The molecular formula is C16H21N3O2. The summed E-state index contributed by atoms with van der Waals surface area (Å²) in [5, 5.41) is 3.49. The Balaban J connectivity index is 1.78. The van der Waals surface area contributed by atoms with Gasteiger partial charge >= 0.3 is 0 Å². The van der Waals surface area contributed by atoms with E-state index in [9.17, 15) is 0 Å². The van der Waals surface area contributed by atoms with Crippen LogP contribution in [0.3, 0.4) is 0 Å². The predicted molar refractivity (Wildman–Crippen MR) is 81.9 cm³/mol. The van der Waals surface area contributed by atoms with Gasteiger partial charge in [-0.3, -0.25) is 0 Å². The number of aromatic amines is 1. The Kier molecular flexibility index (Phi) is 4.10. The number of rotatable bonds is 5. The number of aromatic nitrogens is 2. The molecule has 1 saturated heterocycles. The standard InChI is InChI=1S/C16H21N3O2/c1-20-14-6-5-11(8-15(14)21-2)13-10-18-16(19-13)9-12-4-3-7-17-12/h5-6,8,10,12,17H,3-4,7,9H2,1-2H3,(H,18,19). The van der Waals surface area contributed by atoms with E-state index in [0.29, 0.717) is 6.04 Å². The van der Waals surface area contributed by atoms with Crippen LogP contribution in [0.5, 0.6) is 11.5 Å². The molecule has 0 saturated carbocycles. The third kappa shape index (κ3) is 3.03. The van der Waals surface area contributed by atoms with Crippen LogP contribution in [-0.4, -0.2) is 36.8 Å². The van der Waals surface area contributed by atoms with Gasteiger partial charge in [-0.25, -0.2) is 4.98 Å². The molecule has 2 aromatic rings. The molecule has 112 valence electrons. The van der Waals surface area contributed by atoms with E-state index in [4.69, 9.17) is 9.47 Å². The van der Waals surface area contributed by atoms with Gasteiger partial charge in [0.05, 0.1) is 26.1 Å². The lowest BCUT2D eigenvalue weighted by molar-refractivity contribution is 0.355. The number of nitrogens with zero attached hydrogens (tertiary/aromatic N) is 1. The SMILES string of the molecule is COc1ccc(-c2cnc(CC3CCCN3)[nH]2)cc1OC.